The first kappa shape index (κ1) is 13.4. The van der Waals surface area contributed by atoms with Gasteiger partial charge in [0.15, 0.2) is 0 Å². The number of hydrogen-bond donors (Lipinski definition) is 2. The molecule has 7 heteroatoms. The quantitative estimate of drug-likeness (QED) is 0.611. The zero-order chi connectivity index (χ0) is 13.9. The predicted octanol–water partition coefficient (Wildman–Crippen LogP) is 1.14. The zero-order valence-corrected chi connectivity index (χ0v) is 9.93. The summed E-state index contributed by atoms with van der Waals surface area (Å²) in [6, 6.07) is 5.72. The Morgan fingerprint density at radius 3 is 2.61 bits per heavy atom. The third-order valence-electron chi connectivity index (χ3n) is 2.39. The van der Waals surface area contributed by atoms with Crippen molar-refractivity contribution in [2.24, 2.45) is 5.73 Å². The number of nitriles is 1. The van der Waals surface area contributed by atoms with Gasteiger partial charge in [0.25, 0.3) is 5.69 Å². The van der Waals surface area contributed by atoms with Crippen LogP contribution in [0.15, 0.2) is 18.2 Å². The summed E-state index contributed by atoms with van der Waals surface area (Å²) in [4.78, 5) is 21.4. The molecule has 0 aliphatic carbocycles. The average molecular weight is 248 g/mol. The number of rotatable bonds is 4. The molecule has 7 nitrogen and oxygen atoms in total. The first-order chi connectivity index (χ1) is 8.27. The van der Waals surface area contributed by atoms with E-state index in [0.717, 1.165) is 0 Å². The van der Waals surface area contributed by atoms with Crippen LogP contribution in [0.2, 0.25) is 0 Å². The van der Waals surface area contributed by atoms with Crippen LogP contribution in [0.5, 0.6) is 0 Å². The number of benzene rings is 1. The molecule has 0 fully saturated rings. The van der Waals surface area contributed by atoms with Gasteiger partial charge in [0, 0.05) is 6.07 Å². The molecule has 0 aliphatic rings. The molecule has 0 aromatic heterocycles. The summed E-state index contributed by atoms with van der Waals surface area (Å²) in [5.41, 5.74) is 4.14. The van der Waals surface area contributed by atoms with Gasteiger partial charge in [-0.25, -0.2) is 0 Å². The number of amides is 1. The maximum absolute atomic E-state index is 11.2. The molecule has 1 aromatic carbocycles. The van der Waals surface area contributed by atoms with Gasteiger partial charge >= 0.3 is 0 Å². The predicted molar refractivity (Wildman–Crippen MR) is 64.7 cm³/mol. The Hall–Kier alpha value is -2.62. The fourth-order valence-electron chi connectivity index (χ4n) is 1.26. The van der Waals surface area contributed by atoms with Crippen LogP contribution >= 0.6 is 0 Å². The van der Waals surface area contributed by atoms with Crippen molar-refractivity contribution in [1.82, 2.24) is 0 Å². The maximum Gasteiger partial charge on any atom is 0.292 e. The van der Waals surface area contributed by atoms with E-state index in [0.29, 0.717) is 0 Å². The molecular formula is C11H12N4O3. The number of carbonyl (C=O) groups excluding carboxylic acids is 1. The summed E-state index contributed by atoms with van der Waals surface area (Å²) >= 11 is 0. The van der Waals surface area contributed by atoms with Gasteiger partial charge in [-0.3, -0.25) is 14.9 Å². The van der Waals surface area contributed by atoms with Gasteiger partial charge in [-0.2, -0.15) is 5.26 Å². The molecule has 1 amide bonds. The molecule has 94 valence electrons. The first-order valence-corrected chi connectivity index (χ1v) is 5.04. The molecule has 0 atom stereocenters. The average Bonchev–Trinajstić information content (AvgIpc) is 2.27. The standard InChI is InChI=1S/C11H12N4O3/c1-11(2,10(13)16)14-8-5-7(6-12)3-4-9(8)15(17)18/h3-5,14H,1-2H3,(H2,13,16). The van der Waals surface area contributed by atoms with E-state index in [1.807, 2.05) is 6.07 Å². The van der Waals surface area contributed by atoms with Gasteiger partial charge in [-0.1, -0.05) is 0 Å². The fraction of sp³-hybridized carbons (Fsp3) is 0.273. The number of anilines is 1. The largest absolute Gasteiger partial charge is 0.368 e. The van der Waals surface area contributed by atoms with E-state index in [2.05, 4.69) is 5.32 Å². The van der Waals surface area contributed by atoms with Gasteiger partial charge in [-0.15, -0.1) is 0 Å². The SMILES string of the molecule is CC(C)(Nc1cc(C#N)ccc1[N+](=O)[O-])C(N)=O. The van der Waals surface area contributed by atoms with Crippen molar-refractivity contribution >= 4 is 17.3 Å². The molecule has 3 N–H and O–H groups in total. The van der Waals surface area contributed by atoms with Crippen molar-refractivity contribution < 1.29 is 9.72 Å². The monoisotopic (exact) mass is 248 g/mol. The van der Waals surface area contributed by atoms with Gasteiger partial charge in [0.05, 0.1) is 16.6 Å². The molecule has 0 heterocycles. The Morgan fingerprint density at radius 1 is 1.56 bits per heavy atom. The number of nitro groups is 1. The molecule has 0 unspecified atom stereocenters. The van der Waals surface area contributed by atoms with Crippen LogP contribution in [-0.4, -0.2) is 16.4 Å². The minimum atomic E-state index is -1.15. The Balaban J connectivity index is 3.25. The third kappa shape index (κ3) is 2.74. The molecule has 0 saturated heterocycles. The number of nitrogens with two attached hydrogens (primary N) is 1. The maximum atomic E-state index is 11.2. The Morgan fingerprint density at radius 2 is 2.17 bits per heavy atom. The van der Waals surface area contributed by atoms with Crippen LogP contribution in [0.25, 0.3) is 0 Å². The summed E-state index contributed by atoms with van der Waals surface area (Å²) in [7, 11) is 0. The summed E-state index contributed by atoms with van der Waals surface area (Å²) in [5, 5.41) is 22.3. The second-order valence-corrected chi connectivity index (χ2v) is 4.22. The van der Waals surface area contributed by atoms with E-state index in [1.165, 1.54) is 32.0 Å². The summed E-state index contributed by atoms with van der Waals surface area (Å²) < 4.78 is 0. The van der Waals surface area contributed by atoms with Crippen molar-refractivity contribution in [1.29, 1.82) is 5.26 Å². The van der Waals surface area contributed by atoms with E-state index >= 15 is 0 Å². The van der Waals surface area contributed by atoms with E-state index in [1.54, 1.807) is 0 Å². The number of nitro benzene ring substituents is 1. The molecule has 0 spiro atoms. The lowest BCUT2D eigenvalue weighted by Gasteiger charge is -2.23. The molecule has 0 radical (unpaired) electrons. The lowest BCUT2D eigenvalue weighted by atomic mass is 10.0. The highest BCUT2D eigenvalue weighted by molar-refractivity contribution is 5.88. The molecule has 1 rings (SSSR count). The van der Waals surface area contributed by atoms with Crippen molar-refractivity contribution in [3.8, 4) is 6.07 Å². The first-order valence-electron chi connectivity index (χ1n) is 5.04. The number of carbonyl (C=O) groups is 1. The second-order valence-electron chi connectivity index (χ2n) is 4.22. The van der Waals surface area contributed by atoms with Gasteiger partial charge in [-0.05, 0) is 26.0 Å². The van der Waals surface area contributed by atoms with Crippen LogP contribution in [0.3, 0.4) is 0 Å². The lowest BCUT2D eigenvalue weighted by Crippen LogP contribution is -2.45. The normalized spacial score (nSPS) is 10.5. The Bertz CT molecular complexity index is 546. The van der Waals surface area contributed by atoms with Crippen LogP contribution in [-0.2, 0) is 4.79 Å². The minimum Gasteiger partial charge on any atom is -0.368 e. The van der Waals surface area contributed by atoms with Crippen LogP contribution < -0.4 is 11.1 Å². The summed E-state index contributed by atoms with van der Waals surface area (Å²) in [5.74, 6) is -0.654. The highest BCUT2D eigenvalue weighted by atomic mass is 16.6. The Labute approximate surface area is 103 Å². The molecule has 1 aromatic rings. The van der Waals surface area contributed by atoms with E-state index < -0.39 is 16.4 Å². The van der Waals surface area contributed by atoms with Crippen molar-refractivity contribution in [2.75, 3.05) is 5.32 Å². The van der Waals surface area contributed by atoms with E-state index in [9.17, 15) is 14.9 Å². The topological polar surface area (TPSA) is 122 Å². The van der Waals surface area contributed by atoms with Gasteiger partial charge < -0.3 is 11.1 Å². The number of nitrogens with zero attached hydrogens (tertiary/aromatic N) is 2. The third-order valence-corrected chi connectivity index (χ3v) is 2.39. The fourth-order valence-corrected chi connectivity index (χ4v) is 1.26. The van der Waals surface area contributed by atoms with Crippen molar-refractivity contribution in [3.05, 3.63) is 33.9 Å². The van der Waals surface area contributed by atoms with E-state index in [-0.39, 0.29) is 16.9 Å². The van der Waals surface area contributed by atoms with Gasteiger partial charge in [0.2, 0.25) is 5.91 Å². The van der Waals surface area contributed by atoms with Crippen molar-refractivity contribution in [3.63, 3.8) is 0 Å². The Kier molecular flexibility index (Phi) is 3.52. The highest BCUT2D eigenvalue weighted by Gasteiger charge is 2.27. The second kappa shape index (κ2) is 4.71. The van der Waals surface area contributed by atoms with Crippen LogP contribution in [0, 0.1) is 21.4 Å². The smallest absolute Gasteiger partial charge is 0.292 e. The van der Waals surface area contributed by atoms with Crippen LogP contribution in [0.1, 0.15) is 19.4 Å². The van der Waals surface area contributed by atoms with E-state index in [4.69, 9.17) is 11.0 Å². The number of hydrogen-bond acceptors (Lipinski definition) is 5. The zero-order valence-electron chi connectivity index (χ0n) is 9.93. The summed E-state index contributed by atoms with van der Waals surface area (Å²) in [6.07, 6.45) is 0. The molecule has 18 heavy (non-hydrogen) atoms. The minimum absolute atomic E-state index is 0.0860. The molecule has 0 aliphatic heterocycles. The van der Waals surface area contributed by atoms with Crippen molar-refractivity contribution in [2.45, 2.75) is 19.4 Å². The number of nitrogens with one attached hydrogen (secondary N) is 1. The molecular weight excluding hydrogens is 236 g/mol. The summed E-state index contributed by atoms with van der Waals surface area (Å²) in [6.45, 7) is 3.00. The number of primary amides is 1. The molecule has 0 saturated carbocycles. The molecule has 0 bridgehead atoms. The highest BCUT2D eigenvalue weighted by Crippen LogP contribution is 2.27. The van der Waals surface area contributed by atoms with Crippen LogP contribution in [0.4, 0.5) is 11.4 Å². The van der Waals surface area contributed by atoms with Gasteiger partial charge in [0.1, 0.15) is 11.2 Å². The lowest BCUT2D eigenvalue weighted by molar-refractivity contribution is -0.384.